The van der Waals surface area contributed by atoms with Crippen LogP contribution in [-0.2, 0) is 20.8 Å². The van der Waals surface area contributed by atoms with Gasteiger partial charge in [-0.05, 0) is 24.1 Å². The zero-order valence-corrected chi connectivity index (χ0v) is 11.5. The van der Waals surface area contributed by atoms with Crippen LogP contribution in [0.1, 0.15) is 12.5 Å². The Hall–Kier alpha value is -1.92. The molecule has 0 fully saturated rings. The first-order valence-electron chi connectivity index (χ1n) is 5.74. The molecule has 108 valence electrons. The van der Waals surface area contributed by atoms with Crippen molar-refractivity contribution in [3.8, 4) is 5.75 Å². The number of carboxylic acids is 1. The van der Waals surface area contributed by atoms with Crippen LogP contribution in [0, 0.1) is 0 Å². The molecule has 0 spiro atoms. The van der Waals surface area contributed by atoms with E-state index in [0.717, 1.165) is 6.92 Å². The van der Waals surface area contributed by atoms with E-state index in [-0.39, 0.29) is 23.8 Å². The summed E-state index contributed by atoms with van der Waals surface area (Å²) >= 11 is 5.95. The maximum atomic E-state index is 11.1. The first kappa shape index (κ1) is 16.1. The van der Waals surface area contributed by atoms with Crippen LogP contribution >= 0.6 is 11.6 Å². The lowest BCUT2D eigenvalue weighted by Gasteiger charge is -2.10. The average molecular weight is 300 g/mol. The summed E-state index contributed by atoms with van der Waals surface area (Å²) in [6.45, 7) is 0.771. The second-order valence-corrected chi connectivity index (χ2v) is 4.59. The van der Waals surface area contributed by atoms with E-state index in [1.54, 1.807) is 6.07 Å². The van der Waals surface area contributed by atoms with E-state index in [0.29, 0.717) is 5.56 Å². The number of hydrogen-bond acceptors (Lipinski definition) is 5. The second kappa shape index (κ2) is 7.02. The molecule has 0 radical (unpaired) electrons. The molecule has 0 aliphatic carbocycles. The van der Waals surface area contributed by atoms with E-state index in [1.165, 1.54) is 12.1 Å². The third-order valence-electron chi connectivity index (χ3n) is 2.52. The van der Waals surface area contributed by atoms with E-state index < -0.39 is 23.6 Å². The Kier molecular flexibility index (Phi) is 5.66. The third-order valence-corrected chi connectivity index (χ3v) is 2.82. The second-order valence-electron chi connectivity index (χ2n) is 4.18. The highest BCUT2D eigenvalue weighted by Crippen LogP contribution is 2.25. The number of benzene rings is 1. The molecule has 1 aromatic rings. The average Bonchev–Trinajstić information content (AvgIpc) is 2.37. The molecule has 0 aliphatic heterocycles. The molecular formula is C13H14ClNO5. The van der Waals surface area contributed by atoms with Gasteiger partial charge in [0.25, 0.3) is 0 Å². The Balaban J connectivity index is 2.71. The Bertz CT molecular complexity index is 544. The van der Waals surface area contributed by atoms with Gasteiger partial charge in [-0.25, -0.2) is 0 Å². The van der Waals surface area contributed by atoms with Gasteiger partial charge in [0.1, 0.15) is 11.8 Å². The number of halogens is 1. The zero-order valence-electron chi connectivity index (χ0n) is 10.8. The van der Waals surface area contributed by atoms with Crippen molar-refractivity contribution in [1.29, 1.82) is 0 Å². The normalized spacial score (nSPS) is 11.8. The number of hydrogen-bond donors (Lipinski definition) is 2. The summed E-state index contributed by atoms with van der Waals surface area (Å²) in [5, 5.41) is 8.93. The smallest absolute Gasteiger partial charge is 0.320 e. The largest absolute Gasteiger partial charge is 0.484 e. The fourth-order valence-corrected chi connectivity index (χ4v) is 1.63. The van der Waals surface area contributed by atoms with Gasteiger partial charge in [0.2, 0.25) is 5.78 Å². The predicted molar refractivity (Wildman–Crippen MR) is 72.0 cm³/mol. The van der Waals surface area contributed by atoms with Crippen molar-refractivity contribution in [2.75, 3.05) is 6.61 Å². The molecule has 1 atom stereocenters. The third kappa shape index (κ3) is 4.64. The first-order valence-corrected chi connectivity index (χ1v) is 6.12. The Morgan fingerprint density at radius 3 is 2.55 bits per heavy atom. The number of Topliss-reactive ketones (excluding diaryl/α,β-unsaturated/α-hetero) is 2. The molecule has 20 heavy (non-hydrogen) atoms. The maximum absolute atomic E-state index is 11.1. The fraction of sp³-hybridized carbons (Fsp3) is 0.308. The molecule has 6 nitrogen and oxygen atoms in total. The molecule has 0 aliphatic rings. The molecular weight excluding hydrogens is 286 g/mol. The summed E-state index contributed by atoms with van der Waals surface area (Å²) < 4.78 is 5.12. The number of ether oxygens (including phenoxy) is 1. The van der Waals surface area contributed by atoms with Gasteiger partial charge in [0, 0.05) is 6.92 Å². The number of carbonyl (C=O) groups excluding carboxylic acids is 2. The molecule has 0 saturated heterocycles. The van der Waals surface area contributed by atoms with Gasteiger partial charge < -0.3 is 15.6 Å². The van der Waals surface area contributed by atoms with E-state index in [2.05, 4.69) is 0 Å². The molecule has 1 rings (SSSR count). The molecule has 0 amide bonds. The van der Waals surface area contributed by atoms with Gasteiger partial charge in [-0.15, -0.1) is 0 Å². The van der Waals surface area contributed by atoms with Gasteiger partial charge in [-0.3, -0.25) is 14.4 Å². The summed E-state index contributed by atoms with van der Waals surface area (Å²) in [7, 11) is 0. The fourth-order valence-electron chi connectivity index (χ4n) is 1.37. The van der Waals surface area contributed by atoms with Crippen molar-refractivity contribution < 1.29 is 24.2 Å². The van der Waals surface area contributed by atoms with Crippen molar-refractivity contribution in [3.63, 3.8) is 0 Å². The molecule has 7 heteroatoms. The minimum atomic E-state index is -1.10. The molecule has 0 heterocycles. The summed E-state index contributed by atoms with van der Waals surface area (Å²) in [6, 6.07) is 3.59. The van der Waals surface area contributed by atoms with Crippen LogP contribution in [0.4, 0.5) is 0 Å². The Morgan fingerprint density at radius 1 is 1.40 bits per heavy atom. The molecule has 1 aromatic carbocycles. The molecule has 3 N–H and O–H groups in total. The lowest BCUT2D eigenvalue weighted by molar-refractivity contribution is -0.138. The predicted octanol–water partition coefficient (Wildman–Crippen LogP) is 0.831. The maximum Gasteiger partial charge on any atom is 0.320 e. The van der Waals surface area contributed by atoms with Gasteiger partial charge in [0.15, 0.2) is 12.4 Å². The first-order chi connectivity index (χ1) is 9.31. The van der Waals surface area contributed by atoms with E-state index in [1.807, 2.05) is 0 Å². The highest BCUT2D eigenvalue weighted by molar-refractivity contribution is 6.37. The summed E-state index contributed by atoms with van der Waals surface area (Å²) in [4.78, 5) is 32.5. The van der Waals surface area contributed by atoms with E-state index >= 15 is 0 Å². The minimum Gasteiger partial charge on any atom is -0.484 e. The minimum absolute atomic E-state index is 0.127. The van der Waals surface area contributed by atoms with Crippen molar-refractivity contribution in [3.05, 3.63) is 28.8 Å². The molecule has 0 bridgehead atoms. The lowest BCUT2D eigenvalue weighted by atomic mass is 10.1. The van der Waals surface area contributed by atoms with Crippen LogP contribution in [0.15, 0.2) is 18.2 Å². The Morgan fingerprint density at radius 2 is 2.05 bits per heavy atom. The van der Waals surface area contributed by atoms with Crippen LogP contribution < -0.4 is 10.5 Å². The Labute approximate surface area is 120 Å². The highest BCUT2D eigenvalue weighted by atomic mass is 35.5. The summed E-state index contributed by atoms with van der Waals surface area (Å²) in [5.41, 5.74) is 6.05. The van der Waals surface area contributed by atoms with Crippen molar-refractivity contribution in [2.45, 2.75) is 19.4 Å². The standard InChI is InChI=1S/C13H14ClNO5/c1-7(16)11(17)6-20-12-3-2-8(4-9(12)14)5-10(15)13(18)19/h2-4,10H,5-6,15H2,1H3,(H,18,19). The summed E-state index contributed by atoms with van der Waals surface area (Å²) in [6.07, 6.45) is 0.127. The monoisotopic (exact) mass is 299 g/mol. The number of rotatable bonds is 7. The van der Waals surface area contributed by atoms with Crippen LogP contribution in [0.5, 0.6) is 5.75 Å². The topological polar surface area (TPSA) is 107 Å². The van der Waals surface area contributed by atoms with Crippen LogP contribution in [0.25, 0.3) is 0 Å². The lowest BCUT2D eigenvalue weighted by Crippen LogP contribution is -2.32. The van der Waals surface area contributed by atoms with E-state index in [4.69, 9.17) is 27.2 Å². The quantitative estimate of drug-likeness (QED) is 0.722. The SMILES string of the molecule is CC(=O)C(=O)COc1ccc(CC(N)C(=O)O)cc1Cl. The highest BCUT2D eigenvalue weighted by Gasteiger charge is 2.14. The number of nitrogens with two attached hydrogens (primary N) is 1. The van der Waals surface area contributed by atoms with Crippen molar-refractivity contribution in [1.82, 2.24) is 0 Å². The summed E-state index contributed by atoms with van der Waals surface area (Å²) in [5.74, 6) is -2.11. The van der Waals surface area contributed by atoms with Crippen LogP contribution in [-0.4, -0.2) is 35.3 Å². The molecule has 0 aromatic heterocycles. The zero-order chi connectivity index (χ0) is 15.3. The van der Waals surface area contributed by atoms with Crippen LogP contribution in [0.3, 0.4) is 0 Å². The van der Waals surface area contributed by atoms with Crippen molar-refractivity contribution in [2.24, 2.45) is 5.73 Å². The van der Waals surface area contributed by atoms with Crippen molar-refractivity contribution >= 4 is 29.1 Å². The van der Waals surface area contributed by atoms with Gasteiger partial charge in [-0.2, -0.15) is 0 Å². The van der Waals surface area contributed by atoms with Gasteiger partial charge in [0.05, 0.1) is 5.02 Å². The number of aliphatic carboxylic acids is 1. The number of carbonyl (C=O) groups is 3. The number of carboxylic acid groups (broad SMARTS) is 1. The van der Waals surface area contributed by atoms with Gasteiger partial charge >= 0.3 is 5.97 Å². The molecule has 1 unspecified atom stereocenters. The van der Waals surface area contributed by atoms with Gasteiger partial charge in [-0.1, -0.05) is 17.7 Å². The number of ketones is 2. The molecule has 0 saturated carbocycles. The van der Waals surface area contributed by atoms with E-state index in [9.17, 15) is 14.4 Å². The van der Waals surface area contributed by atoms with Crippen LogP contribution in [0.2, 0.25) is 5.02 Å².